The summed E-state index contributed by atoms with van der Waals surface area (Å²) in [4.78, 5) is 16.4. The zero-order valence-electron chi connectivity index (χ0n) is 16.5. The molecule has 3 aromatic heterocycles. The third kappa shape index (κ3) is 5.25. The maximum Gasteiger partial charge on any atom is 0.236 e. The highest BCUT2D eigenvalue weighted by Crippen LogP contribution is 2.27. The van der Waals surface area contributed by atoms with E-state index in [1.54, 1.807) is 25.5 Å². The van der Waals surface area contributed by atoms with E-state index in [2.05, 4.69) is 20.5 Å². The van der Waals surface area contributed by atoms with Crippen molar-refractivity contribution in [1.82, 2.24) is 19.7 Å². The first kappa shape index (κ1) is 21.0. The molecule has 0 spiro atoms. The Kier molecular flexibility index (Phi) is 6.54. The Hall–Kier alpha value is -3.30. The molecule has 31 heavy (non-hydrogen) atoms. The lowest BCUT2D eigenvalue weighted by Crippen LogP contribution is -2.15. The topological polar surface area (TPSA) is 95.1 Å². The van der Waals surface area contributed by atoms with Crippen molar-refractivity contribution in [2.75, 3.05) is 18.2 Å². The molecule has 158 valence electrons. The van der Waals surface area contributed by atoms with E-state index in [1.165, 1.54) is 18.0 Å². The lowest BCUT2D eigenvalue weighted by molar-refractivity contribution is -0.113. The lowest BCUT2D eigenvalue weighted by atomic mass is 10.2. The number of hydrogen-bond donors (Lipinski definition) is 1. The van der Waals surface area contributed by atoms with Crippen LogP contribution in [0.5, 0.6) is 5.75 Å². The number of methoxy groups -OCH3 is 1. The second-order valence-electron chi connectivity index (χ2n) is 6.40. The summed E-state index contributed by atoms with van der Waals surface area (Å²) < 4.78 is 12.6. The summed E-state index contributed by atoms with van der Waals surface area (Å²) in [6.45, 7) is 0.435. The molecule has 0 unspecified atom stereocenters. The molecular formula is C21H18ClN5O3S. The van der Waals surface area contributed by atoms with E-state index < -0.39 is 0 Å². The highest BCUT2D eigenvalue weighted by atomic mass is 35.5. The minimum Gasteiger partial charge on any atom is -0.497 e. The lowest BCUT2D eigenvalue weighted by Gasteiger charge is -2.09. The third-order valence-corrected chi connectivity index (χ3v) is 5.48. The number of anilines is 1. The number of amides is 1. The number of nitrogens with one attached hydrogen (secondary N) is 1. The molecule has 0 fully saturated rings. The zero-order valence-corrected chi connectivity index (χ0v) is 18.1. The Labute approximate surface area is 187 Å². The van der Waals surface area contributed by atoms with Gasteiger partial charge in [0.05, 0.1) is 30.7 Å². The molecule has 0 aliphatic carbocycles. The fourth-order valence-corrected chi connectivity index (χ4v) is 3.66. The average Bonchev–Trinajstić information content (AvgIpc) is 3.44. The molecule has 0 saturated heterocycles. The summed E-state index contributed by atoms with van der Waals surface area (Å²) >= 11 is 7.10. The molecule has 3 heterocycles. The smallest absolute Gasteiger partial charge is 0.236 e. The number of halogens is 1. The van der Waals surface area contributed by atoms with Crippen molar-refractivity contribution in [1.29, 1.82) is 0 Å². The summed E-state index contributed by atoms with van der Waals surface area (Å²) in [5.74, 6) is 2.54. The van der Waals surface area contributed by atoms with Crippen LogP contribution in [-0.4, -0.2) is 38.5 Å². The molecule has 4 aromatic rings. The normalized spacial score (nSPS) is 10.8. The van der Waals surface area contributed by atoms with Gasteiger partial charge in [0.1, 0.15) is 17.3 Å². The Bertz CT molecular complexity index is 1140. The second-order valence-corrected chi connectivity index (χ2v) is 7.78. The van der Waals surface area contributed by atoms with E-state index in [9.17, 15) is 4.79 Å². The Morgan fingerprint density at radius 1 is 1.19 bits per heavy atom. The maximum absolute atomic E-state index is 12.4. The summed E-state index contributed by atoms with van der Waals surface area (Å²) in [5, 5.41) is 12.5. The fourth-order valence-electron chi connectivity index (χ4n) is 2.81. The first-order valence-corrected chi connectivity index (χ1v) is 10.6. The number of nitrogens with zero attached hydrogens (tertiary/aromatic N) is 4. The van der Waals surface area contributed by atoms with E-state index in [1.807, 2.05) is 41.0 Å². The number of aromatic nitrogens is 4. The third-order valence-electron chi connectivity index (χ3n) is 4.29. The number of ether oxygens (including phenoxy) is 1. The quantitative estimate of drug-likeness (QED) is 0.394. The largest absolute Gasteiger partial charge is 0.497 e. The number of carbonyl (C=O) groups excluding carboxylic acids is 1. The Balaban J connectivity index is 1.52. The van der Waals surface area contributed by atoms with Gasteiger partial charge in [-0.1, -0.05) is 23.4 Å². The predicted octanol–water partition coefficient (Wildman–Crippen LogP) is 4.37. The van der Waals surface area contributed by atoms with Crippen LogP contribution >= 0.6 is 23.4 Å². The summed E-state index contributed by atoms with van der Waals surface area (Å²) in [6, 6.07) is 14.6. The molecule has 0 aliphatic rings. The number of furan rings is 1. The van der Waals surface area contributed by atoms with Gasteiger partial charge in [-0.3, -0.25) is 9.36 Å². The van der Waals surface area contributed by atoms with Gasteiger partial charge >= 0.3 is 0 Å². The van der Waals surface area contributed by atoms with Crippen LogP contribution in [0.15, 0.2) is 70.6 Å². The van der Waals surface area contributed by atoms with Crippen LogP contribution in [0.1, 0.15) is 5.76 Å². The van der Waals surface area contributed by atoms with Crippen LogP contribution in [0.2, 0.25) is 5.02 Å². The highest BCUT2D eigenvalue weighted by molar-refractivity contribution is 7.99. The fraction of sp³-hybridized carbons (Fsp3) is 0.143. The van der Waals surface area contributed by atoms with Crippen LogP contribution < -0.4 is 10.1 Å². The van der Waals surface area contributed by atoms with Gasteiger partial charge < -0.3 is 14.5 Å². The number of hydrogen-bond acceptors (Lipinski definition) is 7. The van der Waals surface area contributed by atoms with Crippen LogP contribution in [0.3, 0.4) is 0 Å². The molecule has 0 atom stereocenters. The number of pyridine rings is 1. The molecule has 0 radical (unpaired) electrons. The van der Waals surface area contributed by atoms with E-state index in [4.69, 9.17) is 20.8 Å². The van der Waals surface area contributed by atoms with Gasteiger partial charge in [0.25, 0.3) is 0 Å². The van der Waals surface area contributed by atoms with Gasteiger partial charge in [-0.05, 0) is 48.5 Å². The minimum atomic E-state index is -0.210. The van der Waals surface area contributed by atoms with Gasteiger partial charge in [-0.2, -0.15) is 0 Å². The number of rotatable bonds is 8. The molecule has 1 amide bonds. The van der Waals surface area contributed by atoms with Crippen molar-refractivity contribution in [2.45, 2.75) is 11.7 Å². The van der Waals surface area contributed by atoms with Gasteiger partial charge in [0.15, 0.2) is 11.0 Å². The molecule has 4 rings (SSSR count). The van der Waals surface area contributed by atoms with Gasteiger partial charge in [0, 0.05) is 11.8 Å². The van der Waals surface area contributed by atoms with E-state index in [0.717, 1.165) is 17.1 Å². The van der Waals surface area contributed by atoms with E-state index >= 15 is 0 Å². The average molecular weight is 456 g/mol. The van der Waals surface area contributed by atoms with E-state index in [0.29, 0.717) is 28.4 Å². The van der Waals surface area contributed by atoms with Crippen molar-refractivity contribution < 1.29 is 13.9 Å². The highest BCUT2D eigenvalue weighted by Gasteiger charge is 2.17. The summed E-state index contributed by atoms with van der Waals surface area (Å²) in [5.41, 5.74) is 0.876. The van der Waals surface area contributed by atoms with Crippen molar-refractivity contribution >= 4 is 35.1 Å². The molecule has 8 nitrogen and oxygen atoms in total. The first-order chi connectivity index (χ1) is 15.1. The van der Waals surface area contributed by atoms with Crippen molar-refractivity contribution in [3.05, 3.63) is 71.8 Å². The predicted molar refractivity (Wildman–Crippen MR) is 118 cm³/mol. The van der Waals surface area contributed by atoms with Gasteiger partial charge in [-0.15, -0.1) is 10.2 Å². The minimum absolute atomic E-state index is 0.142. The van der Waals surface area contributed by atoms with Crippen molar-refractivity contribution in [2.24, 2.45) is 0 Å². The van der Waals surface area contributed by atoms with Gasteiger partial charge in [-0.25, -0.2) is 4.98 Å². The molecule has 1 aromatic carbocycles. The van der Waals surface area contributed by atoms with Crippen LogP contribution in [0, 0.1) is 0 Å². The Morgan fingerprint density at radius 3 is 2.71 bits per heavy atom. The standard InChI is InChI=1S/C21H18ClN5O3S/c1-29-16-7-4-14(5-8-16)20-25-26-21(27(20)12-17-3-2-10-30-17)31-13-19(28)24-18-9-6-15(22)11-23-18/h2-11H,12-13H2,1H3,(H,23,24,28). The van der Waals surface area contributed by atoms with Crippen molar-refractivity contribution in [3.8, 4) is 17.1 Å². The SMILES string of the molecule is COc1ccc(-c2nnc(SCC(=O)Nc3ccc(Cl)cn3)n2Cc2ccco2)cc1. The van der Waals surface area contributed by atoms with Crippen LogP contribution in [0.4, 0.5) is 5.82 Å². The monoisotopic (exact) mass is 455 g/mol. The second kappa shape index (κ2) is 9.67. The Morgan fingerprint density at radius 2 is 2.03 bits per heavy atom. The molecule has 10 heteroatoms. The maximum atomic E-state index is 12.4. The van der Waals surface area contributed by atoms with Gasteiger partial charge in [0.2, 0.25) is 5.91 Å². The first-order valence-electron chi connectivity index (χ1n) is 9.26. The molecule has 0 saturated carbocycles. The molecular weight excluding hydrogens is 438 g/mol. The van der Waals surface area contributed by atoms with E-state index in [-0.39, 0.29) is 11.7 Å². The molecule has 0 aliphatic heterocycles. The molecule has 0 bridgehead atoms. The number of benzene rings is 1. The zero-order chi connectivity index (χ0) is 21.6. The number of thioether (sulfide) groups is 1. The van der Waals surface area contributed by atoms with Crippen molar-refractivity contribution in [3.63, 3.8) is 0 Å². The number of carbonyl (C=O) groups is 1. The molecule has 1 N–H and O–H groups in total. The van der Waals surface area contributed by atoms with Crippen LogP contribution in [-0.2, 0) is 11.3 Å². The summed E-state index contributed by atoms with van der Waals surface area (Å²) in [7, 11) is 1.62. The van der Waals surface area contributed by atoms with Crippen LogP contribution in [0.25, 0.3) is 11.4 Å². The summed E-state index contributed by atoms with van der Waals surface area (Å²) in [6.07, 6.45) is 3.09.